The van der Waals surface area contributed by atoms with Crippen LogP contribution in [0.4, 0.5) is 0 Å². The fraction of sp³-hybridized carbons (Fsp3) is 0.200. The molecule has 6 heteroatoms. The molecule has 0 bridgehead atoms. The van der Waals surface area contributed by atoms with Gasteiger partial charge in [-0.2, -0.15) is 0 Å². The molecule has 0 fully saturated rings. The predicted molar refractivity (Wildman–Crippen MR) is 63.3 cm³/mol. The highest BCUT2D eigenvalue weighted by atomic mass is 79.9. The van der Waals surface area contributed by atoms with E-state index in [1.807, 2.05) is 0 Å². The molecule has 16 heavy (non-hydrogen) atoms. The number of halogens is 1. The molecule has 1 rings (SSSR count). The first-order valence-electron chi connectivity index (χ1n) is 4.31. The van der Waals surface area contributed by atoms with Crippen LogP contribution in [-0.4, -0.2) is 19.1 Å². The standard InChI is InChI=1S/C10H10BrNO4/c1-15-9-6-10(16-2)8(11)5-7(9)3-4-12(13)14/h3-6H,1-2H3/b4-3-. The smallest absolute Gasteiger partial charge is 0.235 e. The molecule has 0 aliphatic carbocycles. The van der Waals surface area contributed by atoms with Gasteiger partial charge in [-0.1, -0.05) is 0 Å². The summed E-state index contributed by atoms with van der Waals surface area (Å²) in [5.41, 5.74) is 0.604. The summed E-state index contributed by atoms with van der Waals surface area (Å²) in [5.74, 6) is 1.12. The number of hydrogen-bond donors (Lipinski definition) is 0. The highest BCUT2D eigenvalue weighted by Crippen LogP contribution is 2.33. The zero-order chi connectivity index (χ0) is 12.1. The Morgan fingerprint density at radius 2 is 1.94 bits per heavy atom. The maximum atomic E-state index is 10.2. The summed E-state index contributed by atoms with van der Waals surface area (Å²) in [4.78, 5) is 9.69. The van der Waals surface area contributed by atoms with Crippen LogP contribution in [0.1, 0.15) is 5.56 Å². The summed E-state index contributed by atoms with van der Waals surface area (Å²) >= 11 is 3.29. The van der Waals surface area contributed by atoms with Crippen LogP contribution in [0.2, 0.25) is 0 Å². The lowest BCUT2D eigenvalue weighted by Gasteiger charge is -2.08. The predicted octanol–water partition coefficient (Wildman–Crippen LogP) is 2.71. The molecule has 0 aliphatic heterocycles. The van der Waals surface area contributed by atoms with Gasteiger partial charge >= 0.3 is 0 Å². The average molecular weight is 288 g/mol. The highest BCUT2D eigenvalue weighted by molar-refractivity contribution is 9.10. The van der Waals surface area contributed by atoms with Crippen LogP contribution in [0.3, 0.4) is 0 Å². The van der Waals surface area contributed by atoms with Gasteiger partial charge in [0.2, 0.25) is 6.20 Å². The molecule has 0 N–H and O–H groups in total. The van der Waals surface area contributed by atoms with Gasteiger partial charge in [-0.3, -0.25) is 10.1 Å². The van der Waals surface area contributed by atoms with E-state index in [-0.39, 0.29) is 0 Å². The van der Waals surface area contributed by atoms with Crippen molar-refractivity contribution in [3.05, 3.63) is 38.5 Å². The Kier molecular flexibility index (Phi) is 4.30. The second-order valence-corrected chi connectivity index (χ2v) is 3.68. The molecule has 5 nitrogen and oxygen atoms in total. The number of rotatable bonds is 4. The van der Waals surface area contributed by atoms with Gasteiger partial charge in [0, 0.05) is 17.7 Å². The normalized spacial score (nSPS) is 10.4. The van der Waals surface area contributed by atoms with Crippen LogP contribution in [0.5, 0.6) is 11.5 Å². The fourth-order valence-corrected chi connectivity index (χ4v) is 1.68. The molecule has 86 valence electrons. The lowest BCUT2D eigenvalue weighted by molar-refractivity contribution is -0.400. The van der Waals surface area contributed by atoms with E-state index in [0.717, 1.165) is 6.20 Å². The number of benzene rings is 1. The van der Waals surface area contributed by atoms with Gasteiger partial charge in [0.15, 0.2) is 0 Å². The minimum Gasteiger partial charge on any atom is -0.496 e. The third-order valence-electron chi connectivity index (χ3n) is 1.88. The largest absolute Gasteiger partial charge is 0.496 e. The molecule has 0 unspecified atom stereocenters. The molecule has 0 amide bonds. The van der Waals surface area contributed by atoms with Crippen LogP contribution < -0.4 is 9.47 Å². The molecule has 0 atom stereocenters. The van der Waals surface area contributed by atoms with Crippen molar-refractivity contribution >= 4 is 22.0 Å². The first-order valence-corrected chi connectivity index (χ1v) is 5.11. The number of ether oxygens (including phenoxy) is 2. The van der Waals surface area contributed by atoms with Crippen molar-refractivity contribution in [1.29, 1.82) is 0 Å². The van der Waals surface area contributed by atoms with Crippen LogP contribution >= 0.6 is 15.9 Å². The van der Waals surface area contributed by atoms with E-state index in [1.54, 1.807) is 12.1 Å². The van der Waals surface area contributed by atoms with Crippen molar-refractivity contribution in [1.82, 2.24) is 0 Å². The van der Waals surface area contributed by atoms with Gasteiger partial charge in [-0.25, -0.2) is 0 Å². The van der Waals surface area contributed by atoms with E-state index in [9.17, 15) is 10.1 Å². The number of nitrogens with zero attached hydrogens (tertiary/aromatic N) is 1. The topological polar surface area (TPSA) is 61.6 Å². The maximum Gasteiger partial charge on any atom is 0.235 e. The van der Waals surface area contributed by atoms with Gasteiger partial charge in [0.1, 0.15) is 11.5 Å². The third kappa shape index (κ3) is 2.96. The Hall–Kier alpha value is -1.56. The Labute approximate surface area is 101 Å². The first kappa shape index (κ1) is 12.5. The van der Waals surface area contributed by atoms with E-state index >= 15 is 0 Å². The van der Waals surface area contributed by atoms with E-state index in [4.69, 9.17) is 9.47 Å². The number of nitro groups is 1. The van der Waals surface area contributed by atoms with Crippen LogP contribution in [0.15, 0.2) is 22.8 Å². The SMILES string of the molecule is COc1cc(OC)c(/C=C\[N+](=O)[O-])cc1Br. The molecule has 0 saturated carbocycles. The molecular weight excluding hydrogens is 278 g/mol. The minimum atomic E-state index is -0.530. The molecule has 0 spiro atoms. The van der Waals surface area contributed by atoms with Crippen LogP contribution in [0, 0.1) is 10.1 Å². The summed E-state index contributed by atoms with van der Waals surface area (Å²) in [6, 6.07) is 3.35. The Morgan fingerprint density at radius 3 is 2.44 bits per heavy atom. The average Bonchev–Trinajstić information content (AvgIpc) is 2.26. The summed E-state index contributed by atoms with van der Waals surface area (Å²) in [5, 5.41) is 10.2. The molecule has 1 aromatic rings. The van der Waals surface area contributed by atoms with Crippen molar-refractivity contribution in [2.75, 3.05) is 14.2 Å². The second-order valence-electron chi connectivity index (χ2n) is 2.83. The molecule has 0 radical (unpaired) electrons. The van der Waals surface area contributed by atoms with E-state index < -0.39 is 4.92 Å². The highest BCUT2D eigenvalue weighted by Gasteiger charge is 2.08. The summed E-state index contributed by atoms with van der Waals surface area (Å²) in [6.45, 7) is 0. The third-order valence-corrected chi connectivity index (χ3v) is 2.50. The van der Waals surface area contributed by atoms with Crippen molar-refractivity contribution in [2.45, 2.75) is 0 Å². The maximum absolute atomic E-state index is 10.2. The van der Waals surface area contributed by atoms with Crippen LogP contribution in [-0.2, 0) is 0 Å². The van der Waals surface area contributed by atoms with Gasteiger partial charge in [0.05, 0.1) is 23.6 Å². The minimum absolute atomic E-state index is 0.512. The Balaban J connectivity index is 3.18. The van der Waals surface area contributed by atoms with Gasteiger partial charge in [-0.05, 0) is 22.0 Å². The van der Waals surface area contributed by atoms with E-state index in [2.05, 4.69) is 15.9 Å². The van der Waals surface area contributed by atoms with Crippen molar-refractivity contribution in [3.63, 3.8) is 0 Å². The van der Waals surface area contributed by atoms with Crippen molar-refractivity contribution < 1.29 is 14.4 Å². The first-order chi connectivity index (χ1) is 7.58. The Morgan fingerprint density at radius 1 is 1.31 bits per heavy atom. The lowest BCUT2D eigenvalue weighted by atomic mass is 10.2. The molecule has 0 saturated heterocycles. The zero-order valence-corrected chi connectivity index (χ0v) is 10.4. The molecule has 1 aromatic carbocycles. The summed E-state index contributed by atoms with van der Waals surface area (Å²) < 4.78 is 10.9. The Bertz CT molecular complexity index is 431. The molecule has 0 aromatic heterocycles. The molecule has 0 heterocycles. The fourth-order valence-electron chi connectivity index (χ4n) is 1.15. The van der Waals surface area contributed by atoms with Crippen LogP contribution in [0.25, 0.3) is 6.08 Å². The van der Waals surface area contributed by atoms with Crippen molar-refractivity contribution in [2.24, 2.45) is 0 Å². The summed E-state index contributed by atoms with van der Waals surface area (Å²) in [6.07, 6.45) is 2.22. The van der Waals surface area contributed by atoms with Gasteiger partial charge in [-0.15, -0.1) is 0 Å². The van der Waals surface area contributed by atoms with E-state index in [1.165, 1.54) is 20.3 Å². The second kappa shape index (κ2) is 5.50. The van der Waals surface area contributed by atoms with Gasteiger partial charge in [0.25, 0.3) is 0 Å². The quantitative estimate of drug-likeness (QED) is 0.631. The van der Waals surface area contributed by atoms with Gasteiger partial charge < -0.3 is 9.47 Å². The number of hydrogen-bond acceptors (Lipinski definition) is 4. The monoisotopic (exact) mass is 287 g/mol. The number of methoxy groups -OCH3 is 2. The summed E-state index contributed by atoms with van der Waals surface area (Å²) in [7, 11) is 3.03. The molecular formula is C10H10BrNO4. The lowest BCUT2D eigenvalue weighted by Crippen LogP contribution is -1.92. The van der Waals surface area contributed by atoms with Crippen molar-refractivity contribution in [3.8, 4) is 11.5 Å². The zero-order valence-electron chi connectivity index (χ0n) is 8.77. The molecule has 0 aliphatic rings. The van der Waals surface area contributed by atoms with E-state index in [0.29, 0.717) is 21.5 Å².